The molecule has 3 aromatic rings. The largest absolute Gasteiger partial charge is 0.497 e. The Morgan fingerprint density at radius 1 is 1.17 bits per heavy atom. The average molecular weight is 490 g/mol. The van der Waals surface area contributed by atoms with Gasteiger partial charge in [-0.1, -0.05) is 15.9 Å². The lowest BCUT2D eigenvalue weighted by Crippen LogP contribution is -2.48. The van der Waals surface area contributed by atoms with Crippen molar-refractivity contribution < 1.29 is 13.9 Å². The predicted octanol–water partition coefficient (Wildman–Crippen LogP) is 4.68. The van der Waals surface area contributed by atoms with E-state index in [2.05, 4.69) is 26.2 Å². The maximum absolute atomic E-state index is 14.0. The summed E-state index contributed by atoms with van der Waals surface area (Å²) in [6.45, 7) is 3.34. The maximum Gasteiger partial charge on any atom is 0.256 e. The molecule has 1 amide bonds. The molecule has 0 unspecified atom stereocenters. The second kappa shape index (κ2) is 9.24. The molecule has 1 aliphatic heterocycles. The molecule has 8 heteroatoms. The van der Waals surface area contributed by atoms with E-state index in [0.29, 0.717) is 17.6 Å². The van der Waals surface area contributed by atoms with Crippen LogP contribution in [0, 0.1) is 5.82 Å². The topological polar surface area (TPSA) is 45.7 Å². The first-order chi connectivity index (χ1) is 14.5. The van der Waals surface area contributed by atoms with Crippen molar-refractivity contribution in [1.82, 2.24) is 14.8 Å². The van der Waals surface area contributed by atoms with Gasteiger partial charge in [0.25, 0.3) is 5.91 Å². The number of methoxy groups -OCH3 is 1. The fourth-order valence-electron chi connectivity index (χ4n) is 3.42. The molecule has 156 valence electrons. The van der Waals surface area contributed by atoms with E-state index < -0.39 is 5.82 Å². The molecular weight excluding hydrogens is 469 g/mol. The van der Waals surface area contributed by atoms with Gasteiger partial charge in [-0.05, 0) is 42.5 Å². The number of ether oxygens (including phenoxy) is 1. The molecule has 5 nitrogen and oxygen atoms in total. The van der Waals surface area contributed by atoms with E-state index in [1.165, 1.54) is 6.07 Å². The van der Waals surface area contributed by atoms with Crippen molar-refractivity contribution in [3.63, 3.8) is 0 Å². The zero-order valence-corrected chi connectivity index (χ0v) is 18.9. The van der Waals surface area contributed by atoms with Crippen LogP contribution in [0.25, 0.3) is 10.6 Å². The number of benzene rings is 2. The molecule has 30 heavy (non-hydrogen) atoms. The Hall–Kier alpha value is -2.29. The van der Waals surface area contributed by atoms with Gasteiger partial charge >= 0.3 is 0 Å². The molecule has 1 fully saturated rings. The Labute approximate surface area is 187 Å². The minimum absolute atomic E-state index is 0.112. The molecule has 0 radical (unpaired) electrons. The van der Waals surface area contributed by atoms with Crippen LogP contribution in [-0.4, -0.2) is 54.0 Å². The number of hydrogen-bond donors (Lipinski definition) is 0. The van der Waals surface area contributed by atoms with E-state index in [0.717, 1.165) is 41.6 Å². The van der Waals surface area contributed by atoms with Gasteiger partial charge in [-0.25, -0.2) is 9.37 Å². The molecule has 0 spiro atoms. The molecule has 0 atom stereocenters. The highest BCUT2D eigenvalue weighted by atomic mass is 79.9. The van der Waals surface area contributed by atoms with Gasteiger partial charge in [0, 0.05) is 48.1 Å². The number of halogens is 2. The van der Waals surface area contributed by atoms with Crippen LogP contribution in [0.3, 0.4) is 0 Å². The third-order valence-electron chi connectivity index (χ3n) is 5.09. The van der Waals surface area contributed by atoms with Crippen LogP contribution in [0.2, 0.25) is 0 Å². The summed E-state index contributed by atoms with van der Waals surface area (Å²) in [4.78, 5) is 21.4. The number of rotatable bonds is 5. The van der Waals surface area contributed by atoms with Gasteiger partial charge in [-0.3, -0.25) is 9.69 Å². The van der Waals surface area contributed by atoms with E-state index in [1.807, 2.05) is 24.3 Å². The lowest BCUT2D eigenvalue weighted by atomic mass is 10.1. The van der Waals surface area contributed by atoms with Gasteiger partial charge in [0.15, 0.2) is 0 Å². The van der Waals surface area contributed by atoms with Gasteiger partial charge in [0.05, 0.1) is 18.4 Å². The summed E-state index contributed by atoms with van der Waals surface area (Å²) in [6.07, 6.45) is 0. The molecule has 0 saturated carbocycles. The highest BCUT2D eigenvalue weighted by molar-refractivity contribution is 9.10. The molecule has 2 aromatic carbocycles. The number of piperazine rings is 1. The Morgan fingerprint density at radius 3 is 2.60 bits per heavy atom. The van der Waals surface area contributed by atoms with Crippen LogP contribution in [0.5, 0.6) is 5.75 Å². The zero-order chi connectivity index (χ0) is 21.1. The van der Waals surface area contributed by atoms with Gasteiger partial charge in [0.2, 0.25) is 0 Å². The van der Waals surface area contributed by atoms with Crippen LogP contribution in [0.1, 0.15) is 16.1 Å². The number of aromatic nitrogens is 1. The highest BCUT2D eigenvalue weighted by Crippen LogP contribution is 2.26. The SMILES string of the molecule is COc1ccc(-c2nc(CN3CCN(C(=O)c4cc(Br)ccc4F)CC3)cs2)cc1. The fourth-order valence-corrected chi connectivity index (χ4v) is 4.59. The summed E-state index contributed by atoms with van der Waals surface area (Å²) in [7, 11) is 1.65. The molecule has 2 heterocycles. The summed E-state index contributed by atoms with van der Waals surface area (Å²) in [5.74, 6) is 0.0775. The lowest BCUT2D eigenvalue weighted by Gasteiger charge is -2.34. The van der Waals surface area contributed by atoms with Gasteiger partial charge in [0.1, 0.15) is 16.6 Å². The molecule has 1 saturated heterocycles. The Balaban J connectivity index is 1.34. The second-order valence-corrected chi connectivity index (χ2v) is 8.84. The van der Waals surface area contributed by atoms with E-state index in [4.69, 9.17) is 9.72 Å². The molecule has 4 rings (SSSR count). The molecule has 1 aliphatic rings. The molecule has 0 N–H and O–H groups in total. The molecule has 0 bridgehead atoms. The summed E-state index contributed by atoms with van der Waals surface area (Å²) >= 11 is 4.92. The Bertz CT molecular complexity index is 1030. The Morgan fingerprint density at radius 2 is 1.90 bits per heavy atom. The first kappa shape index (κ1) is 21.0. The van der Waals surface area contributed by atoms with E-state index in [1.54, 1.807) is 35.5 Å². The van der Waals surface area contributed by atoms with Gasteiger partial charge in [-0.2, -0.15) is 0 Å². The summed E-state index contributed by atoms with van der Waals surface area (Å²) in [6, 6.07) is 12.3. The summed E-state index contributed by atoms with van der Waals surface area (Å²) in [5.41, 5.74) is 2.20. The van der Waals surface area contributed by atoms with Crippen molar-refractivity contribution in [1.29, 1.82) is 0 Å². The Kier molecular flexibility index (Phi) is 6.46. The van der Waals surface area contributed by atoms with Gasteiger partial charge < -0.3 is 9.64 Å². The van der Waals surface area contributed by atoms with Crippen LogP contribution in [0.4, 0.5) is 4.39 Å². The van der Waals surface area contributed by atoms with Crippen molar-refractivity contribution in [3.05, 3.63) is 69.4 Å². The van der Waals surface area contributed by atoms with Crippen molar-refractivity contribution in [3.8, 4) is 16.3 Å². The van der Waals surface area contributed by atoms with Crippen molar-refractivity contribution in [2.45, 2.75) is 6.54 Å². The van der Waals surface area contributed by atoms with E-state index in [9.17, 15) is 9.18 Å². The summed E-state index contributed by atoms with van der Waals surface area (Å²) < 4.78 is 19.9. The quantitative estimate of drug-likeness (QED) is 0.521. The normalized spacial score (nSPS) is 14.7. The van der Waals surface area contributed by atoms with Crippen molar-refractivity contribution in [2.24, 2.45) is 0 Å². The molecule has 0 aliphatic carbocycles. The maximum atomic E-state index is 14.0. The zero-order valence-electron chi connectivity index (χ0n) is 16.5. The van der Waals surface area contributed by atoms with Crippen LogP contribution >= 0.6 is 27.3 Å². The molecule has 1 aromatic heterocycles. The minimum Gasteiger partial charge on any atom is -0.497 e. The first-order valence-electron chi connectivity index (χ1n) is 9.59. The smallest absolute Gasteiger partial charge is 0.256 e. The van der Waals surface area contributed by atoms with Crippen LogP contribution in [0.15, 0.2) is 52.3 Å². The van der Waals surface area contributed by atoms with E-state index in [-0.39, 0.29) is 11.5 Å². The third kappa shape index (κ3) is 4.71. The highest BCUT2D eigenvalue weighted by Gasteiger charge is 2.24. The van der Waals surface area contributed by atoms with Crippen molar-refractivity contribution >= 4 is 33.2 Å². The fraction of sp³-hybridized carbons (Fsp3) is 0.273. The lowest BCUT2D eigenvalue weighted by molar-refractivity contribution is 0.0622. The number of carbonyl (C=O) groups excluding carboxylic acids is 1. The number of thiazole rings is 1. The van der Waals surface area contributed by atoms with Gasteiger partial charge in [-0.15, -0.1) is 11.3 Å². The standard InChI is InChI=1S/C22H21BrFN3O2S/c1-29-18-5-2-15(3-6-18)21-25-17(14-30-21)13-26-8-10-27(11-9-26)22(28)19-12-16(23)4-7-20(19)24/h2-7,12,14H,8-11,13H2,1H3. The number of amides is 1. The van der Waals surface area contributed by atoms with Crippen LogP contribution < -0.4 is 4.74 Å². The number of carbonyl (C=O) groups is 1. The van der Waals surface area contributed by atoms with Crippen LogP contribution in [-0.2, 0) is 6.54 Å². The number of hydrogen-bond acceptors (Lipinski definition) is 5. The van der Waals surface area contributed by atoms with Crippen molar-refractivity contribution in [2.75, 3.05) is 33.3 Å². The average Bonchev–Trinajstić information content (AvgIpc) is 3.24. The predicted molar refractivity (Wildman–Crippen MR) is 119 cm³/mol. The second-order valence-electron chi connectivity index (χ2n) is 7.07. The molecular formula is C22H21BrFN3O2S. The van der Waals surface area contributed by atoms with E-state index >= 15 is 0 Å². The summed E-state index contributed by atoms with van der Waals surface area (Å²) in [5, 5.41) is 3.06. The first-order valence-corrected chi connectivity index (χ1v) is 11.3. The third-order valence-corrected chi connectivity index (χ3v) is 6.53. The number of nitrogens with zero attached hydrogens (tertiary/aromatic N) is 3. The monoisotopic (exact) mass is 489 g/mol. The minimum atomic E-state index is -0.487.